The number of carbonyl (C=O) groups is 2. The van der Waals surface area contributed by atoms with E-state index in [9.17, 15) is 9.59 Å². The predicted molar refractivity (Wildman–Crippen MR) is 72.0 cm³/mol. The van der Waals surface area contributed by atoms with Crippen LogP contribution < -0.4 is 5.32 Å². The molecule has 1 saturated heterocycles. The van der Waals surface area contributed by atoms with E-state index >= 15 is 0 Å². The predicted octanol–water partition coefficient (Wildman–Crippen LogP) is 2.36. The summed E-state index contributed by atoms with van der Waals surface area (Å²) >= 11 is 0. The van der Waals surface area contributed by atoms with Crippen molar-refractivity contribution in [3.05, 3.63) is 0 Å². The Morgan fingerprint density at radius 1 is 1.32 bits per heavy atom. The van der Waals surface area contributed by atoms with Crippen molar-refractivity contribution in [1.82, 2.24) is 10.2 Å². The van der Waals surface area contributed by atoms with Gasteiger partial charge in [0.2, 0.25) is 0 Å². The quantitative estimate of drug-likeness (QED) is 0.822. The maximum atomic E-state index is 12.4. The number of hydrogen-bond donors (Lipinski definition) is 2. The van der Waals surface area contributed by atoms with Gasteiger partial charge in [-0.1, -0.05) is 6.92 Å². The molecule has 1 aliphatic heterocycles. The maximum absolute atomic E-state index is 12.4. The summed E-state index contributed by atoms with van der Waals surface area (Å²) in [7, 11) is 0. The lowest BCUT2D eigenvalue weighted by Gasteiger charge is -2.45. The number of hydrogen-bond acceptors (Lipinski definition) is 2. The summed E-state index contributed by atoms with van der Waals surface area (Å²) in [4.78, 5) is 25.0. The largest absolute Gasteiger partial charge is 0.481 e. The minimum absolute atomic E-state index is 0.0255. The third kappa shape index (κ3) is 3.19. The molecule has 0 bridgehead atoms. The molecule has 1 heterocycles. The smallest absolute Gasteiger partial charge is 0.318 e. The highest BCUT2D eigenvalue weighted by molar-refractivity contribution is 5.77. The van der Waals surface area contributed by atoms with Gasteiger partial charge in [0, 0.05) is 18.1 Å². The number of carboxylic acid groups (broad SMARTS) is 1. The van der Waals surface area contributed by atoms with Gasteiger partial charge in [0.15, 0.2) is 0 Å². The van der Waals surface area contributed by atoms with E-state index in [1.165, 1.54) is 6.42 Å². The molecule has 0 aromatic rings. The van der Waals surface area contributed by atoms with E-state index in [4.69, 9.17) is 5.11 Å². The lowest BCUT2D eigenvalue weighted by molar-refractivity contribution is -0.138. The van der Waals surface area contributed by atoms with Crippen LogP contribution in [0.25, 0.3) is 0 Å². The number of nitrogens with zero attached hydrogens (tertiary/aromatic N) is 1. The molecule has 1 aliphatic carbocycles. The van der Waals surface area contributed by atoms with Crippen LogP contribution in [0.4, 0.5) is 4.79 Å². The molecule has 0 aromatic heterocycles. The van der Waals surface area contributed by atoms with Crippen LogP contribution in [0.1, 0.15) is 58.3 Å². The van der Waals surface area contributed by atoms with Gasteiger partial charge in [0.25, 0.3) is 0 Å². The molecule has 1 unspecified atom stereocenters. The third-order valence-corrected chi connectivity index (χ3v) is 4.66. The Bertz CT molecular complexity index is 347. The third-order valence-electron chi connectivity index (χ3n) is 4.66. The average Bonchev–Trinajstić information content (AvgIpc) is 2.33. The molecule has 1 saturated carbocycles. The fraction of sp³-hybridized carbons (Fsp3) is 0.857. The number of amides is 2. The topological polar surface area (TPSA) is 69.6 Å². The van der Waals surface area contributed by atoms with Crippen molar-refractivity contribution in [2.45, 2.75) is 69.9 Å². The molecule has 0 aromatic carbocycles. The van der Waals surface area contributed by atoms with Gasteiger partial charge in [-0.15, -0.1) is 0 Å². The van der Waals surface area contributed by atoms with Gasteiger partial charge in [-0.05, 0) is 44.9 Å². The van der Waals surface area contributed by atoms with Gasteiger partial charge in [0.05, 0.1) is 6.42 Å². The number of urea groups is 1. The van der Waals surface area contributed by atoms with Crippen molar-refractivity contribution >= 4 is 12.0 Å². The SMILES string of the molecule is CCC1(NC(=O)N2CCCCC2CC(=O)O)CCC1. The van der Waals surface area contributed by atoms with Crippen LogP contribution in [-0.4, -0.2) is 40.1 Å². The Labute approximate surface area is 114 Å². The number of piperidine rings is 1. The second-order valence-electron chi connectivity index (χ2n) is 5.86. The first-order valence-electron chi connectivity index (χ1n) is 7.37. The van der Waals surface area contributed by atoms with E-state index < -0.39 is 5.97 Å². The molecule has 2 N–H and O–H groups in total. The Hall–Kier alpha value is -1.26. The number of nitrogens with one attached hydrogen (secondary N) is 1. The van der Waals surface area contributed by atoms with E-state index in [0.29, 0.717) is 6.54 Å². The highest BCUT2D eigenvalue weighted by Gasteiger charge is 2.39. The monoisotopic (exact) mass is 268 g/mol. The van der Waals surface area contributed by atoms with E-state index in [1.807, 2.05) is 0 Å². The molecule has 2 aliphatic rings. The molecule has 5 heteroatoms. The summed E-state index contributed by atoms with van der Waals surface area (Å²) in [5.41, 5.74) is -0.0255. The molecule has 2 rings (SSSR count). The first kappa shape index (κ1) is 14.2. The van der Waals surface area contributed by atoms with Crippen molar-refractivity contribution < 1.29 is 14.7 Å². The molecular formula is C14H24N2O3. The van der Waals surface area contributed by atoms with Crippen molar-refractivity contribution in [3.8, 4) is 0 Å². The van der Waals surface area contributed by atoms with Crippen molar-refractivity contribution in [1.29, 1.82) is 0 Å². The molecule has 1 atom stereocenters. The molecule has 2 fully saturated rings. The van der Waals surface area contributed by atoms with E-state index in [1.54, 1.807) is 4.90 Å². The van der Waals surface area contributed by atoms with Crippen molar-refractivity contribution in [3.63, 3.8) is 0 Å². The summed E-state index contributed by atoms with van der Waals surface area (Å²) in [6, 6.07) is -0.201. The van der Waals surface area contributed by atoms with Crippen LogP contribution in [0.15, 0.2) is 0 Å². The standard InChI is InChI=1S/C14H24N2O3/c1-2-14(7-5-8-14)15-13(19)16-9-4-3-6-11(16)10-12(17)18/h11H,2-10H2,1H3,(H,15,19)(H,17,18). The first-order valence-corrected chi connectivity index (χ1v) is 7.37. The normalized spacial score (nSPS) is 25.5. The number of aliphatic carboxylic acids is 1. The van der Waals surface area contributed by atoms with Gasteiger partial charge in [-0.25, -0.2) is 4.79 Å². The van der Waals surface area contributed by atoms with E-state index in [0.717, 1.165) is 38.5 Å². The maximum Gasteiger partial charge on any atom is 0.318 e. The van der Waals surface area contributed by atoms with Crippen LogP contribution in [0.2, 0.25) is 0 Å². The minimum Gasteiger partial charge on any atom is -0.481 e. The molecule has 2 amide bonds. The molecule has 5 nitrogen and oxygen atoms in total. The van der Waals surface area contributed by atoms with Gasteiger partial charge >= 0.3 is 12.0 Å². The highest BCUT2D eigenvalue weighted by atomic mass is 16.4. The zero-order chi connectivity index (χ0) is 13.9. The van der Waals surface area contributed by atoms with Gasteiger partial charge in [-0.2, -0.15) is 0 Å². The summed E-state index contributed by atoms with van der Waals surface area (Å²) in [6.07, 6.45) is 7.08. The van der Waals surface area contributed by atoms with Crippen LogP contribution >= 0.6 is 0 Å². The van der Waals surface area contributed by atoms with E-state index in [-0.39, 0.29) is 24.0 Å². The zero-order valence-electron chi connectivity index (χ0n) is 11.7. The fourth-order valence-electron chi connectivity index (χ4n) is 3.15. The van der Waals surface area contributed by atoms with Crippen molar-refractivity contribution in [2.24, 2.45) is 0 Å². The summed E-state index contributed by atoms with van der Waals surface area (Å²) in [5, 5.41) is 12.1. The molecule has 108 valence electrons. The molecule has 0 radical (unpaired) electrons. The first-order chi connectivity index (χ1) is 9.06. The van der Waals surface area contributed by atoms with Gasteiger partial charge in [0.1, 0.15) is 0 Å². The van der Waals surface area contributed by atoms with Crippen molar-refractivity contribution in [2.75, 3.05) is 6.54 Å². The molecular weight excluding hydrogens is 244 g/mol. The minimum atomic E-state index is -0.821. The Balaban J connectivity index is 1.96. The Morgan fingerprint density at radius 2 is 2.05 bits per heavy atom. The summed E-state index contributed by atoms with van der Waals surface area (Å²) in [5.74, 6) is -0.821. The van der Waals surface area contributed by atoms with Crippen LogP contribution in [0.5, 0.6) is 0 Å². The van der Waals surface area contributed by atoms with Gasteiger partial charge in [-0.3, -0.25) is 4.79 Å². The van der Waals surface area contributed by atoms with Crippen LogP contribution in [0.3, 0.4) is 0 Å². The second-order valence-corrected chi connectivity index (χ2v) is 5.86. The summed E-state index contributed by atoms with van der Waals surface area (Å²) in [6.45, 7) is 2.79. The van der Waals surface area contributed by atoms with Crippen LogP contribution in [0, 0.1) is 0 Å². The van der Waals surface area contributed by atoms with Crippen LogP contribution in [-0.2, 0) is 4.79 Å². The lowest BCUT2D eigenvalue weighted by Crippen LogP contribution is -2.59. The Kier molecular flexibility index (Phi) is 4.32. The number of carboxylic acids is 1. The number of likely N-dealkylation sites (tertiary alicyclic amines) is 1. The second kappa shape index (κ2) is 5.80. The Morgan fingerprint density at radius 3 is 2.58 bits per heavy atom. The average molecular weight is 268 g/mol. The highest BCUT2D eigenvalue weighted by Crippen LogP contribution is 2.35. The lowest BCUT2D eigenvalue weighted by atomic mass is 9.75. The fourth-order valence-corrected chi connectivity index (χ4v) is 3.15. The van der Waals surface area contributed by atoms with E-state index in [2.05, 4.69) is 12.2 Å². The summed E-state index contributed by atoms with van der Waals surface area (Å²) < 4.78 is 0. The number of rotatable bonds is 4. The zero-order valence-corrected chi connectivity index (χ0v) is 11.7. The number of carbonyl (C=O) groups excluding carboxylic acids is 1. The van der Waals surface area contributed by atoms with Gasteiger partial charge < -0.3 is 15.3 Å². The molecule has 0 spiro atoms. The molecule has 19 heavy (non-hydrogen) atoms.